The molecule has 0 aliphatic rings. The molecular formula is C81H85F3Ir2N4O5S3-4. The Labute approximate surface area is 613 Å². The number of aliphatic hydroxyl groups excluding tert-OH is 2. The molecule has 6 aromatic heterocycles. The number of hydrogen-bond acceptors (Lipinski definition) is 11. The molecule has 0 fully saturated rings. The van der Waals surface area contributed by atoms with Crippen LogP contribution < -0.4 is 0 Å². The summed E-state index contributed by atoms with van der Waals surface area (Å²) in [5.41, 5.74) is 13.3. The van der Waals surface area contributed by atoms with Gasteiger partial charge in [0.1, 0.15) is 0 Å². The molecule has 6 heterocycles. The second-order valence-corrected chi connectivity index (χ2v) is 29.9. The molecule has 0 saturated heterocycles. The number of aliphatic hydroxyl groups is 2. The normalized spacial score (nSPS) is 11.3. The van der Waals surface area contributed by atoms with Crippen LogP contribution in [0.2, 0.25) is 0 Å². The maximum absolute atomic E-state index is 10.7. The Morgan fingerprint density at radius 1 is 0.418 bits per heavy atom. The van der Waals surface area contributed by atoms with Crippen LogP contribution in [-0.2, 0) is 72.0 Å². The minimum atomic E-state index is -6.09. The van der Waals surface area contributed by atoms with Crippen LogP contribution in [0.5, 0.6) is 0 Å². The van der Waals surface area contributed by atoms with Crippen molar-refractivity contribution < 1.29 is 76.6 Å². The van der Waals surface area contributed by atoms with E-state index in [2.05, 4.69) is 227 Å². The summed E-state index contributed by atoms with van der Waals surface area (Å²) in [4.78, 5) is 20.8. The van der Waals surface area contributed by atoms with E-state index >= 15 is 0 Å². The van der Waals surface area contributed by atoms with Gasteiger partial charge >= 0.3 is 5.51 Å². The Morgan fingerprint density at radius 2 is 0.765 bits per heavy atom. The largest absolute Gasteiger partial charge is 0.741 e. The fourth-order valence-corrected chi connectivity index (χ4v) is 11.7. The molecule has 0 saturated carbocycles. The Bertz CT molecular complexity index is 4240. The first-order valence-corrected chi connectivity index (χ1v) is 34.1. The van der Waals surface area contributed by atoms with Gasteiger partial charge in [-0.2, -0.15) is 13.2 Å². The Balaban J connectivity index is 0.000000274. The van der Waals surface area contributed by atoms with Crippen molar-refractivity contribution in [2.75, 3.05) is 14.2 Å². The number of pyridine rings is 4. The van der Waals surface area contributed by atoms with Gasteiger partial charge in [0, 0.05) is 108 Å². The summed E-state index contributed by atoms with van der Waals surface area (Å²) in [6, 6.07) is 79.6. The summed E-state index contributed by atoms with van der Waals surface area (Å²) in [7, 11) is -4.09. The van der Waals surface area contributed by atoms with Crippen LogP contribution in [0.15, 0.2) is 213 Å². The van der Waals surface area contributed by atoms with Gasteiger partial charge in [-0.3, -0.25) is 4.98 Å². The molecule has 0 atom stereocenters. The molecule has 12 rings (SSSR count). The molecule has 98 heavy (non-hydrogen) atoms. The number of fused-ring (bicyclic) bond motifs is 2. The van der Waals surface area contributed by atoms with E-state index < -0.39 is 15.6 Å². The van der Waals surface area contributed by atoms with Gasteiger partial charge in [0.05, 0.1) is 5.69 Å². The van der Waals surface area contributed by atoms with Crippen LogP contribution in [0, 0.1) is 32.0 Å². The van der Waals surface area contributed by atoms with E-state index in [0.29, 0.717) is 0 Å². The van der Waals surface area contributed by atoms with Gasteiger partial charge in [-0.15, -0.1) is 130 Å². The summed E-state index contributed by atoms with van der Waals surface area (Å²) in [6.45, 7) is 30.9. The minimum absolute atomic E-state index is 0. The fraction of sp³-hybridized carbons (Fsp3) is 0.259. The van der Waals surface area contributed by atoms with Crippen molar-refractivity contribution in [3.63, 3.8) is 0 Å². The molecule has 0 amide bonds. The number of alkyl halides is 3. The third-order valence-corrected chi connectivity index (χ3v) is 17.8. The predicted molar refractivity (Wildman–Crippen MR) is 393 cm³/mol. The van der Waals surface area contributed by atoms with Crippen LogP contribution in [0.1, 0.15) is 117 Å². The molecule has 0 aliphatic carbocycles. The number of aryl methyl sites for hydroxylation is 2. The van der Waals surface area contributed by atoms with E-state index in [9.17, 15) is 13.2 Å². The van der Waals surface area contributed by atoms with E-state index in [1.807, 2.05) is 134 Å². The Kier molecular flexibility index (Phi) is 31.2. The van der Waals surface area contributed by atoms with Crippen molar-refractivity contribution in [3.05, 3.63) is 264 Å². The van der Waals surface area contributed by atoms with Crippen LogP contribution >= 0.6 is 22.7 Å². The topological polar surface area (TPSA) is 149 Å². The van der Waals surface area contributed by atoms with Crippen molar-refractivity contribution in [3.8, 4) is 65.9 Å². The summed E-state index contributed by atoms with van der Waals surface area (Å²) in [6.07, 6.45) is 3.84. The molecule has 9 nitrogen and oxygen atoms in total. The van der Waals surface area contributed by atoms with Gasteiger partial charge in [0.25, 0.3) is 0 Å². The summed E-state index contributed by atoms with van der Waals surface area (Å²) in [5, 5.41) is 16.4. The first-order valence-electron chi connectivity index (χ1n) is 31.1. The van der Waals surface area contributed by atoms with Gasteiger partial charge in [-0.05, 0) is 122 Å². The number of thiophene rings is 2. The molecule has 0 aliphatic heterocycles. The SMILES string of the molecule is CC(C)(C)c1c[c-]c(-c2nccc3sc(-c4ccc(C(C)(C)C)cc4)cc23)cc1.CC(C)(C)c1ccc(-c2cc3c(-c4ccc(C(C)(C)C)cc4)nccc3s2)cc1.CO.CO.Cc1cccc(-c2[c-]cccc2)n1.Cc1cccc(-c2[c-]cccc2)n1.O=S(=O)([O-])C(F)(F)F.[Ir].[Ir]. The molecule has 0 unspecified atom stereocenters. The number of aromatic nitrogens is 4. The van der Waals surface area contributed by atoms with Crippen LogP contribution in [0.4, 0.5) is 13.2 Å². The monoisotopic (exact) mass is 1730 g/mol. The summed E-state index contributed by atoms with van der Waals surface area (Å²) < 4.78 is 61.4. The molecule has 520 valence electrons. The number of halogens is 3. The number of benzene rings is 6. The minimum Gasteiger partial charge on any atom is -0.741 e. The summed E-state index contributed by atoms with van der Waals surface area (Å²) in [5.74, 6) is 0. The first kappa shape index (κ1) is 83.2. The molecule has 0 spiro atoms. The smallest absolute Gasteiger partial charge is 0.485 e. The number of rotatable bonds is 6. The van der Waals surface area contributed by atoms with Crippen molar-refractivity contribution in [2.24, 2.45) is 0 Å². The zero-order valence-corrected chi connectivity index (χ0v) is 65.4. The van der Waals surface area contributed by atoms with Gasteiger partial charge in [0.2, 0.25) is 0 Å². The average Bonchev–Trinajstić information content (AvgIpc) is 1.65. The number of hydrogen-bond donors (Lipinski definition) is 2. The third-order valence-electron chi connectivity index (χ3n) is 15.0. The molecule has 17 heteroatoms. The van der Waals surface area contributed by atoms with Crippen molar-refractivity contribution >= 4 is 53.0 Å². The predicted octanol–water partition coefficient (Wildman–Crippen LogP) is 21.2. The maximum atomic E-state index is 10.7. The first-order chi connectivity index (χ1) is 45.2. The third kappa shape index (κ3) is 23.7. The summed E-state index contributed by atoms with van der Waals surface area (Å²) >= 11 is 3.67. The molecular weight excluding hydrogens is 1650 g/mol. The maximum Gasteiger partial charge on any atom is 0.485 e. The molecule has 12 aromatic rings. The molecule has 2 radical (unpaired) electrons. The van der Waals surface area contributed by atoms with Crippen molar-refractivity contribution in [1.82, 2.24) is 19.9 Å². The van der Waals surface area contributed by atoms with Crippen LogP contribution in [-0.4, -0.2) is 62.8 Å². The van der Waals surface area contributed by atoms with E-state index in [-0.39, 0.29) is 61.9 Å². The average molecular weight is 1730 g/mol. The molecule has 0 bridgehead atoms. The van der Waals surface area contributed by atoms with Crippen LogP contribution in [0.3, 0.4) is 0 Å². The van der Waals surface area contributed by atoms with E-state index in [0.717, 1.165) is 65.1 Å². The standard InChI is InChI=1S/C27H29NS.C27H28NS.2C12H10N.CHF3O3S.2CH4O.2Ir/c2*1-26(2,3)20-11-7-18(8-12-20)24-17-22-23(29-24)15-16-28-25(22)19-9-13-21(14-10-19)27(4,5)6;2*1-10-6-5-9-12(13-10)11-7-3-2-4-8-11;2-1(3,4)8(5,6)7;2*1-2;;/h7-17H,1-6H3;7-9,11-17H,1-6H3;2*2-7,9H,1H3;(H,5,6,7);2*2H,1H3;;/q;3*-1;;;;;/p-1. The van der Waals surface area contributed by atoms with E-state index in [1.165, 1.54) is 68.9 Å². The van der Waals surface area contributed by atoms with Crippen molar-refractivity contribution in [1.29, 1.82) is 0 Å². The zero-order valence-electron chi connectivity index (χ0n) is 58.1. The second-order valence-electron chi connectivity index (χ2n) is 26.4. The quantitative estimate of drug-likeness (QED) is 0.0942. The Morgan fingerprint density at radius 3 is 1.08 bits per heavy atom. The fourth-order valence-electron chi connectivity index (χ4n) is 9.58. The van der Waals surface area contributed by atoms with E-state index in [4.69, 9.17) is 33.2 Å². The molecule has 2 N–H and O–H groups in total. The van der Waals surface area contributed by atoms with Gasteiger partial charge in [0.15, 0.2) is 10.1 Å². The Hall–Kier alpha value is -7.24. The number of nitrogens with zero attached hydrogens (tertiary/aromatic N) is 4. The van der Waals surface area contributed by atoms with Gasteiger partial charge in [-0.25, -0.2) is 8.42 Å². The second kappa shape index (κ2) is 36.7. The zero-order chi connectivity index (χ0) is 70.8. The van der Waals surface area contributed by atoms with Crippen molar-refractivity contribution in [2.45, 2.75) is 124 Å². The van der Waals surface area contributed by atoms with Crippen LogP contribution in [0.25, 0.3) is 86.1 Å². The van der Waals surface area contributed by atoms with E-state index in [1.54, 1.807) is 0 Å². The van der Waals surface area contributed by atoms with Gasteiger partial charge < -0.3 is 29.7 Å². The molecule has 6 aromatic carbocycles. The van der Waals surface area contributed by atoms with Gasteiger partial charge in [-0.1, -0.05) is 180 Å².